The van der Waals surface area contributed by atoms with Crippen molar-refractivity contribution in [1.82, 2.24) is 30.0 Å². The fraction of sp³-hybridized carbons (Fsp3) is 0.500. The summed E-state index contributed by atoms with van der Waals surface area (Å²) >= 11 is 4.89. The van der Waals surface area contributed by atoms with Gasteiger partial charge in [-0.1, -0.05) is 11.8 Å². The van der Waals surface area contributed by atoms with Gasteiger partial charge >= 0.3 is 5.97 Å². The maximum Gasteiger partial charge on any atom is 0.325 e. The maximum atomic E-state index is 10.7. The Labute approximate surface area is 127 Å². The number of nitrogens with zero attached hydrogens (tertiary/aromatic N) is 6. The van der Waals surface area contributed by atoms with E-state index in [4.69, 9.17) is 5.11 Å². The first-order valence-electron chi connectivity index (χ1n) is 5.85. The van der Waals surface area contributed by atoms with Crippen LogP contribution in [0.1, 0.15) is 18.3 Å². The highest BCUT2D eigenvalue weighted by atomic mass is 79.9. The average Bonchev–Trinajstić information content (AvgIpc) is 2.93. The largest absolute Gasteiger partial charge is 0.480 e. The molecule has 0 aliphatic heterocycles. The Morgan fingerprint density at radius 1 is 1.45 bits per heavy atom. The first-order valence-corrected chi connectivity index (χ1v) is 7.63. The van der Waals surface area contributed by atoms with Crippen LogP contribution < -0.4 is 0 Å². The number of halogens is 1. The zero-order chi connectivity index (χ0) is 14.7. The molecule has 20 heavy (non-hydrogen) atoms. The predicted octanol–water partition coefficient (Wildman–Crippen LogP) is 1.34. The average molecular weight is 361 g/mol. The van der Waals surface area contributed by atoms with Crippen LogP contribution in [-0.4, -0.2) is 41.1 Å². The van der Waals surface area contributed by atoms with Crippen molar-refractivity contribution in [1.29, 1.82) is 0 Å². The Kier molecular flexibility index (Phi) is 4.76. The van der Waals surface area contributed by atoms with Gasteiger partial charge in [-0.2, -0.15) is 5.10 Å². The molecule has 0 bridgehead atoms. The minimum atomic E-state index is -0.977. The highest BCUT2D eigenvalue weighted by Crippen LogP contribution is 2.27. The lowest BCUT2D eigenvalue weighted by atomic mass is 10.4. The third-order valence-electron chi connectivity index (χ3n) is 2.57. The number of thioether (sulfide) groups is 1. The molecular weight excluding hydrogens is 348 g/mol. The number of carboxylic acids is 1. The molecule has 0 saturated carbocycles. The van der Waals surface area contributed by atoms with Crippen molar-refractivity contribution in [3.63, 3.8) is 0 Å². The van der Waals surface area contributed by atoms with Gasteiger partial charge in [-0.15, -0.1) is 5.10 Å². The molecule has 2 aromatic rings. The van der Waals surface area contributed by atoms with E-state index in [1.807, 2.05) is 18.5 Å². The Morgan fingerprint density at radius 3 is 2.85 bits per heavy atom. The second-order valence-electron chi connectivity index (χ2n) is 3.96. The number of carbonyl (C=O) groups is 1. The third-order valence-corrected chi connectivity index (χ3v) is 4.57. The van der Waals surface area contributed by atoms with Gasteiger partial charge in [0.25, 0.3) is 0 Å². The van der Waals surface area contributed by atoms with E-state index in [9.17, 15) is 4.79 Å². The molecule has 0 aliphatic rings. The van der Waals surface area contributed by atoms with Gasteiger partial charge in [-0.3, -0.25) is 9.48 Å². The molecule has 0 saturated heterocycles. The second-order valence-corrected chi connectivity index (χ2v) is 5.70. The lowest BCUT2D eigenvalue weighted by Gasteiger charge is -2.05. The summed E-state index contributed by atoms with van der Waals surface area (Å²) in [6.07, 6.45) is 0. The van der Waals surface area contributed by atoms with Crippen molar-refractivity contribution in [3.05, 3.63) is 15.9 Å². The number of aryl methyl sites for hydroxylation is 2. The molecule has 8 nitrogen and oxygen atoms in total. The van der Waals surface area contributed by atoms with Crippen LogP contribution in [0.25, 0.3) is 0 Å². The summed E-state index contributed by atoms with van der Waals surface area (Å²) in [5, 5.41) is 24.6. The SMILES string of the molecule is CCn1nc(C)c(Br)c1CSc1nnnn1CC(=O)O. The van der Waals surface area contributed by atoms with E-state index in [0.29, 0.717) is 10.9 Å². The topological polar surface area (TPSA) is 98.7 Å². The number of aliphatic carboxylic acids is 1. The molecule has 0 atom stereocenters. The Balaban J connectivity index is 2.13. The lowest BCUT2D eigenvalue weighted by molar-refractivity contribution is -0.138. The van der Waals surface area contributed by atoms with Gasteiger partial charge in [0.2, 0.25) is 5.16 Å². The Bertz CT molecular complexity index is 625. The smallest absolute Gasteiger partial charge is 0.325 e. The number of carboxylic acid groups (broad SMARTS) is 1. The Morgan fingerprint density at radius 2 is 2.20 bits per heavy atom. The van der Waals surface area contributed by atoms with Gasteiger partial charge in [0.15, 0.2) is 0 Å². The molecule has 0 aliphatic carbocycles. The summed E-state index contributed by atoms with van der Waals surface area (Å²) in [7, 11) is 0. The normalized spacial score (nSPS) is 10.9. The molecule has 2 rings (SSSR count). The summed E-state index contributed by atoms with van der Waals surface area (Å²) in [5.74, 6) is -0.371. The van der Waals surface area contributed by atoms with Gasteiger partial charge in [0.05, 0.1) is 15.9 Å². The van der Waals surface area contributed by atoms with Crippen LogP contribution >= 0.6 is 27.7 Å². The molecule has 2 heterocycles. The van der Waals surface area contributed by atoms with E-state index >= 15 is 0 Å². The molecule has 2 aromatic heterocycles. The van der Waals surface area contributed by atoms with Gasteiger partial charge < -0.3 is 5.11 Å². The van der Waals surface area contributed by atoms with Crippen molar-refractivity contribution in [2.24, 2.45) is 0 Å². The van der Waals surface area contributed by atoms with Crippen molar-refractivity contribution in [2.75, 3.05) is 0 Å². The number of rotatable bonds is 6. The predicted molar refractivity (Wildman–Crippen MR) is 75.4 cm³/mol. The molecule has 1 N–H and O–H groups in total. The minimum Gasteiger partial charge on any atom is -0.480 e. The van der Waals surface area contributed by atoms with Crippen LogP contribution in [0.3, 0.4) is 0 Å². The first-order chi connectivity index (χ1) is 9.52. The second kappa shape index (κ2) is 6.35. The van der Waals surface area contributed by atoms with Gasteiger partial charge in [0, 0.05) is 12.3 Å². The van der Waals surface area contributed by atoms with E-state index in [2.05, 4.69) is 36.6 Å². The molecule has 0 aromatic carbocycles. The molecule has 0 fully saturated rings. The lowest BCUT2D eigenvalue weighted by Crippen LogP contribution is -2.11. The van der Waals surface area contributed by atoms with Crippen LogP contribution in [0.5, 0.6) is 0 Å². The standard InChI is InChI=1S/C10H13BrN6O2S/c1-3-16-7(9(11)6(2)13-16)5-20-10-12-14-15-17(10)4-8(18)19/h3-5H2,1-2H3,(H,18,19). The highest BCUT2D eigenvalue weighted by Gasteiger charge is 2.15. The molecule has 0 radical (unpaired) electrons. The van der Waals surface area contributed by atoms with E-state index in [-0.39, 0.29) is 6.54 Å². The number of aromatic nitrogens is 6. The summed E-state index contributed by atoms with van der Waals surface area (Å²) in [4.78, 5) is 10.7. The zero-order valence-corrected chi connectivity index (χ0v) is 13.3. The van der Waals surface area contributed by atoms with Crippen LogP contribution in [0.4, 0.5) is 0 Å². The number of hydrogen-bond donors (Lipinski definition) is 1. The van der Waals surface area contributed by atoms with Crippen molar-refractivity contribution in [3.8, 4) is 0 Å². The maximum absolute atomic E-state index is 10.7. The fourth-order valence-corrected chi connectivity index (χ4v) is 3.18. The van der Waals surface area contributed by atoms with Crippen LogP contribution in [0.2, 0.25) is 0 Å². The molecule has 0 spiro atoms. The van der Waals surface area contributed by atoms with E-state index in [0.717, 1.165) is 22.4 Å². The quantitative estimate of drug-likeness (QED) is 0.775. The van der Waals surface area contributed by atoms with Crippen LogP contribution in [-0.2, 0) is 23.6 Å². The summed E-state index contributed by atoms with van der Waals surface area (Å²) in [6.45, 7) is 4.46. The molecule has 10 heteroatoms. The van der Waals surface area contributed by atoms with Gasteiger partial charge in [0.1, 0.15) is 6.54 Å². The summed E-state index contributed by atoms with van der Waals surface area (Å²) < 4.78 is 4.13. The van der Waals surface area contributed by atoms with Crippen molar-refractivity contribution >= 4 is 33.7 Å². The van der Waals surface area contributed by atoms with E-state index < -0.39 is 5.97 Å². The van der Waals surface area contributed by atoms with Crippen molar-refractivity contribution < 1.29 is 9.90 Å². The van der Waals surface area contributed by atoms with E-state index in [1.54, 1.807) is 0 Å². The minimum absolute atomic E-state index is 0.247. The Hall–Kier alpha value is -1.42. The summed E-state index contributed by atoms with van der Waals surface area (Å²) in [5.41, 5.74) is 1.95. The van der Waals surface area contributed by atoms with Crippen LogP contribution in [0.15, 0.2) is 9.63 Å². The first kappa shape index (κ1) is 15.0. The fourth-order valence-electron chi connectivity index (χ4n) is 1.67. The number of hydrogen-bond acceptors (Lipinski definition) is 6. The summed E-state index contributed by atoms with van der Waals surface area (Å²) in [6, 6.07) is 0. The molecule has 0 amide bonds. The molecule has 0 unspecified atom stereocenters. The number of tetrazole rings is 1. The molecular formula is C10H13BrN6O2S. The zero-order valence-electron chi connectivity index (χ0n) is 10.9. The van der Waals surface area contributed by atoms with Gasteiger partial charge in [-0.05, 0) is 40.2 Å². The van der Waals surface area contributed by atoms with E-state index in [1.165, 1.54) is 16.4 Å². The van der Waals surface area contributed by atoms with Gasteiger partial charge in [-0.25, -0.2) is 4.68 Å². The highest BCUT2D eigenvalue weighted by molar-refractivity contribution is 9.10. The van der Waals surface area contributed by atoms with Crippen LogP contribution in [0, 0.1) is 6.92 Å². The third kappa shape index (κ3) is 3.18. The molecule has 108 valence electrons. The monoisotopic (exact) mass is 360 g/mol. The van der Waals surface area contributed by atoms with Crippen molar-refractivity contribution in [2.45, 2.75) is 37.8 Å².